The van der Waals surface area contributed by atoms with E-state index in [1.165, 1.54) is 12.1 Å². The lowest BCUT2D eigenvalue weighted by molar-refractivity contribution is -0.384. The van der Waals surface area contributed by atoms with Crippen LogP contribution in [-0.2, 0) is 0 Å². The number of fused-ring (bicyclic) bond motifs is 1. The Morgan fingerprint density at radius 3 is 2.29 bits per heavy atom. The predicted octanol–water partition coefficient (Wildman–Crippen LogP) is 4.24. The van der Waals surface area contributed by atoms with Gasteiger partial charge in [-0.3, -0.25) is 20.2 Å². The lowest BCUT2D eigenvalue weighted by atomic mass is 10.0. The van der Waals surface area contributed by atoms with Gasteiger partial charge in [0, 0.05) is 60.0 Å². The van der Waals surface area contributed by atoms with E-state index in [-0.39, 0.29) is 11.6 Å². The maximum absolute atomic E-state index is 12.9. The third kappa shape index (κ3) is 4.45. The van der Waals surface area contributed by atoms with Gasteiger partial charge in [-0.05, 0) is 41.9 Å². The van der Waals surface area contributed by atoms with Crippen molar-refractivity contribution in [1.29, 1.82) is 0 Å². The molecule has 0 spiro atoms. The lowest BCUT2D eigenvalue weighted by Crippen LogP contribution is -2.52. The van der Waals surface area contributed by atoms with E-state index in [2.05, 4.69) is 10.2 Å². The van der Waals surface area contributed by atoms with Crippen LogP contribution in [0.5, 0.6) is 0 Å². The first-order chi connectivity index (χ1) is 14.9. The summed E-state index contributed by atoms with van der Waals surface area (Å²) in [5, 5.41) is 16.2. The number of hydrogen-bond donors (Lipinski definition) is 1. The molecule has 1 N–H and O–H groups in total. The highest BCUT2D eigenvalue weighted by Gasteiger charge is 2.22. The molecule has 31 heavy (non-hydrogen) atoms. The number of hydrogen-bond acceptors (Lipinski definition) is 5. The molecule has 1 aliphatic rings. The SMILES string of the molecule is O=C(NC(=S)N1CCN(c2ccc([N+](=O)[O-])cc2)CC1)c1cccc2c(Cl)cccc12. The number of nitrogens with one attached hydrogen (secondary N) is 1. The Kier molecular flexibility index (Phi) is 6.01. The first-order valence-electron chi connectivity index (χ1n) is 9.71. The quantitative estimate of drug-likeness (QED) is 0.362. The number of nitrogens with zero attached hydrogens (tertiary/aromatic N) is 3. The van der Waals surface area contributed by atoms with Crippen molar-refractivity contribution in [2.75, 3.05) is 31.1 Å². The number of nitro groups is 1. The van der Waals surface area contributed by atoms with Gasteiger partial charge < -0.3 is 9.80 Å². The third-order valence-corrected chi connectivity index (χ3v) is 6.02. The number of amides is 1. The van der Waals surface area contributed by atoms with Crippen LogP contribution in [0.25, 0.3) is 10.8 Å². The van der Waals surface area contributed by atoms with E-state index >= 15 is 0 Å². The van der Waals surface area contributed by atoms with Gasteiger partial charge >= 0.3 is 0 Å². The number of carbonyl (C=O) groups is 1. The van der Waals surface area contributed by atoms with E-state index in [9.17, 15) is 14.9 Å². The van der Waals surface area contributed by atoms with Gasteiger partial charge in [0.15, 0.2) is 5.11 Å². The zero-order valence-electron chi connectivity index (χ0n) is 16.5. The van der Waals surface area contributed by atoms with Crippen LogP contribution in [0.15, 0.2) is 60.7 Å². The van der Waals surface area contributed by atoms with Crippen LogP contribution in [0.1, 0.15) is 10.4 Å². The van der Waals surface area contributed by atoms with Gasteiger partial charge in [0.25, 0.3) is 11.6 Å². The van der Waals surface area contributed by atoms with E-state index in [4.69, 9.17) is 23.8 Å². The minimum absolute atomic E-state index is 0.0704. The fraction of sp³-hybridized carbons (Fsp3) is 0.182. The molecule has 9 heteroatoms. The average molecular weight is 455 g/mol. The van der Waals surface area contributed by atoms with Gasteiger partial charge in [0.1, 0.15) is 0 Å². The molecule has 4 rings (SSSR count). The van der Waals surface area contributed by atoms with Gasteiger partial charge in [-0.1, -0.05) is 35.9 Å². The number of halogens is 1. The summed E-state index contributed by atoms with van der Waals surface area (Å²) in [6.07, 6.45) is 0. The maximum Gasteiger partial charge on any atom is 0.269 e. The zero-order valence-corrected chi connectivity index (χ0v) is 18.0. The summed E-state index contributed by atoms with van der Waals surface area (Å²) in [6, 6.07) is 17.4. The minimum atomic E-state index is -0.410. The summed E-state index contributed by atoms with van der Waals surface area (Å²) < 4.78 is 0. The standard InChI is InChI=1S/C22H19ClN4O3S/c23-20-6-2-3-17-18(20)4-1-5-19(17)21(28)24-22(31)26-13-11-25(12-14-26)15-7-9-16(10-8-15)27(29)30/h1-10H,11-14H2,(H,24,28,31). The van der Waals surface area contributed by atoms with Gasteiger partial charge in [-0.25, -0.2) is 0 Å². The topological polar surface area (TPSA) is 78.7 Å². The van der Waals surface area contributed by atoms with Crippen LogP contribution < -0.4 is 10.2 Å². The number of anilines is 1. The average Bonchev–Trinajstić information content (AvgIpc) is 2.79. The molecule has 0 unspecified atom stereocenters. The highest BCUT2D eigenvalue weighted by atomic mass is 35.5. The first kappa shape index (κ1) is 21.0. The molecule has 0 bridgehead atoms. The molecular weight excluding hydrogens is 436 g/mol. The molecule has 1 fully saturated rings. The molecule has 0 saturated carbocycles. The number of piperazine rings is 1. The van der Waals surface area contributed by atoms with Crippen molar-refractivity contribution in [1.82, 2.24) is 10.2 Å². The Hall–Kier alpha value is -3.23. The second-order valence-electron chi connectivity index (χ2n) is 7.15. The van der Waals surface area contributed by atoms with Crippen LogP contribution in [-0.4, -0.2) is 47.0 Å². The van der Waals surface area contributed by atoms with E-state index in [1.807, 2.05) is 23.1 Å². The molecule has 0 atom stereocenters. The van der Waals surface area contributed by atoms with Crippen molar-refractivity contribution >= 4 is 57.0 Å². The lowest BCUT2D eigenvalue weighted by Gasteiger charge is -2.37. The number of carbonyl (C=O) groups excluding carboxylic acids is 1. The highest BCUT2D eigenvalue weighted by Crippen LogP contribution is 2.26. The summed E-state index contributed by atoms with van der Waals surface area (Å²) >= 11 is 11.7. The van der Waals surface area contributed by atoms with Crippen molar-refractivity contribution in [2.24, 2.45) is 0 Å². The summed E-state index contributed by atoms with van der Waals surface area (Å²) in [4.78, 5) is 27.4. The Bertz CT molecular complexity index is 1160. The van der Waals surface area contributed by atoms with Crippen LogP contribution in [0.2, 0.25) is 5.02 Å². The highest BCUT2D eigenvalue weighted by molar-refractivity contribution is 7.80. The smallest absolute Gasteiger partial charge is 0.269 e. The number of rotatable bonds is 3. The molecule has 158 valence electrons. The molecule has 3 aromatic rings. The Balaban J connectivity index is 1.39. The molecular formula is C22H19ClN4O3S. The van der Waals surface area contributed by atoms with E-state index < -0.39 is 4.92 Å². The molecule has 0 radical (unpaired) electrons. The van der Waals surface area contributed by atoms with Crippen LogP contribution in [0.4, 0.5) is 11.4 Å². The van der Waals surface area contributed by atoms with E-state index in [1.54, 1.807) is 30.3 Å². The van der Waals surface area contributed by atoms with Gasteiger partial charge in [-0.15, -0.1) is 0 Å². The summed E-state index contributed by atoms with van der Waals surface area (Å²) in [7, 11) is 0. The summed E-state index contributed by atoms with van der Waals surface area (Å²) in [6.45, 7) is 2.66. The number of non-ortho nitro benzene ring substituents is 1. The molecule has 0 aromatic heterocycles. The van der Waals surface area contributed by atoms with Crippen LogP contribution in [0, 0.1) is 10.1 Å². The molecule has 3 aromatic carbocycles. The van der Waals surface area contributed by atoms with E-state index in [0.717, 1.165) is 16.5 Å². The van der Waals surface area contributed by atoms with Gasteiger partial charge in [0.2, 0.25) is 0 Å². The first-order valence-corrected chi connectivity index (χ1v) is 10.5. The number of nitro benzene ring substituents is 1. The number of thiocarbonyl (C=S) groups is 1. The molecule has 1 aliphatic heterocycles. The summed E-state index contributed by atoms with van der Waals surface area (Å²) in [5.41, 5.74) is 1.51. The van der Waals surface area contributed by atoms with E-state index in [0.29, 0.717) is 41.9 Å². The fourth-order valence-electron chi connectivity index (χ4n) is 3.67. The molecule has 0 aliphatic carbocycles. The molecule has 1 saturated heterocycles. The van der Waals surface area contributed by atoms with Crippen molar-refractivity contribution in [3.63, 3.8) is 0 Å². The molecule has 7 nitrogen and oxygen atoms in total. The molecule has 1 heterocycles. The summed E-state index contributed by atoms with van der Waals surface area (Å²) in [5.74, 6) is -0.268. The zero-order chi connectivity index (χ0) is 22.0. The fourth-order valence-corrected chi connectivity index (χ4v) is 4.18. The monoisotopic (exact) mass is 454 g/mol. The Morgan fingerprint density at radius 2 is 1.61 bits per heavy atom. The molecule has 1 amide bonds. The largest absolute Gasteiger partial charge is 0.368 e. The van der Waals surface area contributed by atoms with Crippen molar-refractivity contribution in [2.45, 2.75) is 0 Å². The minimum Gasteiger partial charge on any atom is -0.368 e. The van der Waals surface area contributed by atoms with Crippen molar-refractivity contribution in [3.8, 4) is 0 Å². The van der Waals surface area contributed by atoms with Gasteiger partial charge in [-0.2, -0.15) is 0 Å². The predicted molar refractivity (Wildman–Crippen MR) is 126 cm³/mol. The maximum atomic E-state index is 12.9. The van der Waals surface area contributed by atoms with Gasteiger partial charge in [0.05, 0.1) is 4.92 Å². The van der Waals surface area contributed by atoms with Crippen LogP contribution in [0.3, 0.4) is 0 Å². The second kappa shape index (κ2) is 8.87. The van der Waals surface area contributed by atoms with Crippen LogP contribution >= 0.6 is 23.8 Å². The van der Waals surface area contributed by atoms with Crippen molar-refractivity contribution < 1.29 is 9.72 Å². The Labute approximate surface area is 189 Å². The normalized spacial score (nSPS) is 13.8. The Morgan fingerprint density at radius 1 is 0.968 bits per heavy atom. The second-order valence-corrected chi connectivity index (χ2v) is 7.94. The third-order valence-electron chi connectivity index (χ3n) is 5.33. The number of benzene rings is 3. The van der Waals surface area contributed by atoms with Crippen molar-refractivity contribution in [3.05, 3.63) is 81.4 Å².